The summed E-state index contributed by atoms with van der Waals surface area (Å²) in [6, 6.07) is 3.40. The molecule has 1 N–H and O–H groups in total. The average molecular weight is 394 g/mol. The first-order valence-corrected chi connectivity index (χ1v) is 9.17. The molecule has 11 heteroatoms. The summed E-state index contributed by atoms with van der Waals surface area (Å²) < 4.78 is 69.2. The lowest BCUT2D eigenvalue weighted by atomic mass is 10.2. The number of benzene rings is 1. The second-order valence-electron chi connectivity index (χ2n) is 5.47. The molecule has 7 nitrogen and oxygen atoms in total. The lowest BCUT2D eigenvalue weighted by molar-refractivity contribution is -0.139. The summed E-state index contributed by atoms with van der Waals surface area (Å²) in [5.74, 6) is -0.548. The van der Waals surface area contributed by atoms with Gasteiger partial charge in [0.05, 0.1) is 30.2 Å². The Morgan fingerprint density at radius 2 is 1.77 bits per heavy atom. The van der Waals surface area contributed by atoms with Crippen LogP contribution in [0.1, 0.15) is 18.4 Å². The normalized spacial score (nSPS) is 15.7. The van der Waals surface area contributed by atoms with Crippen molar-refractivity contribution in [1.82, 2.24) is 9.62 Å². The Labute approximate surface area is 148 Å². The minimum Gasteiger partial charge on any atom is -0.378 e. The van der Waals surface area contributed by atoms with Gasteiger partial charge in [0, 0.05) is 19.4 Å². The maximum absolute atomic E-state index is 12.6. The van der Waals surface area contributed by atoms with Gasteiger partial charge in [-0.1, -0.05) is 6.07 Å². The smallest absolute Gasteiger partial charge is 0.378 e. The molecule has 1 aromatic rings. The summed E-state index contributed by atoms with van der Waals surface area (Å²) in [5, 5.41) is 0. The first-order valence-electron chi connectivity index (χ1n) is 7.69. The lowest BCUT2D eigenvalue weighted by Crippen LogP contribution is -2.33. The van der Waals surface area contributed by atoms with E-state index < -0.39 is 26.7 Å². The molecule has 0 spiro atoms. The van der Waals surface area contributed by atoms with Crippen molar-refractivity contribution >= 4 is 21.8 Å². The van der Waals surface area contributed by atoms with Crippen molar-refractivity contribution in [2.24, 2.45) is 0 Å². The monoisotopic (exact) mass is 394 g/mol. The highest BCUT2D eigenvalue weighted by molar-refractivity contribution is 7.89. The fraction of sp³-hybridized carbons (Fsp3) is 0.467. The molecule has 2 rings (SSSR count). The topological polar surface area (TPSA) is 92.8 Å². The van der Waals surface area contributed by atoms with Crippen molar-refractivity contribution < 1.29 is 35.9 Å². The number of halogens is 3. The Morgan fingerprint density at radius 1 is 1.12 bits per heavy atom. The Balaban J connectivity index is 1.78. The molecular formula is C15H17F3N2O5S. The molecule has 1 aliphatic rings. The molecule has 0 radical (unpaired) electrons. The quantitative estimate of drug-likeness (QED) is 0.528. The number of nitrogens with zero attached hydrogens (tertiary/aromatic N) is 1. The van der Waals surface area contributed by atoms with Crippen LogP contribution in [0.3, 0.4) is 0 Å². The number of hydrogen-bond donors (Lipinski definition) is 1. The number of alkyl halides is 3. The summed E-state index contributed by atoms with van der Waals surface area (Å²) in [5.41, 5.74) is -1.06. The first-order chi connectivity index (χ1) is 12.1. The van der Waals surface area contributed by atoms with Gasteiger partial charge < -0.3 is 4.74 Å². The molecule has 1 heterocycles. The molecular weight excluding hydrogens is 377 g/mol. The number of imide groups is 1. The van der Waals surface area contributed by atoms with E-state index in [0.717, 1.165) is 23.1 Å². The van der Waals surface area contributed by atoms with E-state index in [1.807, 2.05) is 0 Å². The number of carbonyl (C=O) groups excluding carboxylic acids is 2. The van der Waals surface area contributed by atoms with Gasteiger partial charge in [0.15, 0.2) is 0 Å². The van der Waals surface area contributed by atoms with Gasteiger partial charge in [-0.25, -0.2) is 13.1 Å². The number of nitrogens with one attached hydrogen (secondary N) is 1. The van der Waals surface area contributed by atoms with E-state index in [0.29, 0.717) is 6.07 Å². The van der Waals surface area contributed by atoms with Crippen LogP contribution in [0.25, 0.3) is 0 Å². The third kappa shape index (κ3) is 5.26. The van der Waals surface area contributed by atoms with Crippen LogP contribution in [-0.4, -0.2) is 51.4 Å². The molecule has 0 saturated carbocycles. The molecule has 2 amide bonds. The number of hydrogen-bond acceptors (Lipinski definition) is 5. The maximum atomic E-state index is 12.6. The standard InChI is InChI=1S/C15H17F3N2O5S/c16-15(17,18)11-2-1-3-12(10-11)26(23,24)19-6-8-25-9-7-20-13(21)4-5-14(20)22/h1-3,10,19H,4-9H2. The molecule has 1 saturated heterocycles. The lowest BCUT2D eigenvalue weighted by Gasteiger charge is -2.14. The minimum atomic E-state index is -4.64. The summed E-state index contributed by atoms with van der Waals surface area (Å²) in [6.45, 7) is -0.101. The van der Waals surface area contributed by atoms with Gasteiger partial charge in [0.25, 0.3) is 0 Å². The van der Waals surface area contributed by atoms with E-state index in [1.165, 1.54) is 0 Å². The first kappa shape index (κ1) is 20.3. The SMILES string of the molecule is O=C1CCC(=O)N1CCOCCNS(=O)(=O)c1cccc(C(F)(F)F)c1. The van der Waals surface area contributed by atoms with Crippen LogP contribution in [-0.2, 0) is 30.5 Å². The van der Waals surface area contributed by atoms with Crippen LogP contribution >= 0.6 is 0 Å². The molecule has 0 aliphatic carbocycles. The Hall–Kier alpha value is -1.98. The van der Waals surface area contributed by atoms with Gasteiger partial charge in [-0.3, -0.25) is 14.5 Å². The van der Waals surface area contributed by atoms with E-state index in [-0.39, 0.29) is 51.0 Å². The number of rotatable bonds is 8. The van der Waals surface area contributed by atoms with Crippen molar-refractivity contribution in [3.05, 3.63) is 29.8 Å². The van der Waals surface area contributed by atoms with Crippen LogP contribution in [0.4, 0.5) is 13.2 Å². The molecule has 144 valence electrons. The zero-order valence-corrected chi connectivity index (χ0v) is 14.4. The Kier molecular flexibility index (Phi) is 6.37. The van der Waals surface area contributed by atoms with Gasteiger partial charge in [-0.2, -0.15) is 13.2 Å². The van der Waals surface area contributed by atoms with Gasteiger partial charge in [-0.15, -0.1) is 0 Å². The van der Waals surface area contributed by atoms with Crippen molar-refractivity contribution in [2.45, 2.75) is 23.9 Å². The second-order valence-corrected chi connectivity index (χ2v) is 7.24. The Bertz CT molecular complexity index is 764. The van der Waals surface area contributed by atoms with E-state index in [2.05, 4.69) is 4.72 Å². The highest BCUT2D eigenvalue weighted by Gasteiger charge is 2.31. The fourth-order valence-electron chi connectivity index (χ4n) is 2.30. The van der Waals surface area contributed by atoms with Crippen LogP contribution in [0, 0.1) is 0 Å². The van der Waals surface area contributed by atoms with E-state index >= 15 is 0 Å². The number of likely N-dealkylation sites (tertiary alicyclic amines) is 1. The largest absolute Gasteiger partial charge is 0.416 e. The highest BCUT2D eigenvalue weighted by Crippen LogP contribution is 2.30. The van der Waals surface area contributed by atoms with Crippen LogP contribution < -0.4 is 4.72 Å². The van der Waals surface area contributed by atoms with Gasteiger partial charge in [0.1, 0.15) is 0 Å². The molecule has 1 aliphatic heterocycles. The molecule has 1 aromatic carbocycles. The van der Waals surface area contributed by atoms with Crippen molar-refractivity contribution in [2.75, 3.05) is 26.3 Å². The molecule has 0 unspecified atom stereocenters. The zero-order chi connectivity index (χ0) is 19.4. The summed E-state index contributed by atoms with van der Waals surface area (Å²) in [7, 11) is -4.11. The average Bonchev–Trinajstić information content (AvgIpc) is 2.89. The second kappa shape index (κ2) is 8.14. The predicted octanol–water partition coefficient (Wildman–Crippen LogP) is 1.15. The Morgan fingerprint density at radius 3 is 2.38 bits per heavy atom. The van der Waals surface area contributed by atoms with Crippen LogP contribution in [0.5, 0.6) is 0 Å². The third-order valence-corrected chi connectivity index (χ3v) is 5.08. The molecule has 0 atom stereocenters. The van der Waals surface area contributed by atoms with E-state index in [4.69, 9.17) is 4.74 Å². The van der Waals surface area contributed by atoms with Gasteiger partial charge >= 0.3 is 6.18 Å². The van der Waals surface area contributed by atoms with Gasteiger partial charge in [-0.05, 0) is 18.2 Å². The molecule has 0 bridgehead atoms. The van der Waals surface area contributed by atoms with E-state index in [1.54, 1.807) is 0 Å². The third-order valence-electron chi connectivity index (χ3n) is 3.62. The number of sulfonamides is 1. The highest BCUT2D eigenvalue weighted by atomic mass is 32.2. The fourth-order valence-corrected chi connectivity index (χ4v) is 3.36. The zero-order valence-electron chi connectivity index (χ0n) is 13.6. The molecule has 1 fully saturated rings. The van der Waals surface area contributed by atoms with E-state index in [9.17, 15) is 31.2 Å². The van der Waals surface area contributed by atoms with Crippen LogP contribution in [0.15, 0.2) is 29.2 Å². The summed E-state index contributed by atoms with van der Waals surface area (Å²) >= 11 is 0. The van der Waals surface area contributed by atoms with Crippen molar-refractivity contribution in [3.63, 3.8) is 0 Å². The minimum absolute atomic E-state index is 0.0444. The van der Waals surface area contributed by atoms with Crippen molar-refractivity contribution in [1.29, 1.82) is 0 Å². The number of amides is 2. The molecule has 0 aromatic heterocycles. The van der Waals surface area contributed by atoms with Crippen LogP contribution in [0.2, 0.25) is 0 Å². The molecule has 26 heavy (non-hydrogen) atoms. The number of carbonyl (C=O) groups is 2. The summed E-state index contributed by atoms with van der Waals surface area (Å²) in [6.07, 6.45) is -4.29. The van der Waals surface area contributed by atoms with Gasteiger partial charge in [0.2, 0.25) is 21.8 Å². The number of ether oxygens (including phenoxy) is 1. The van der Waals surface area contributed by atoms with Crippen molar-refractivity contribution in [3.8, 4) is 0 Å². The predicted molar refractivity (Wildman–Crippen MR) is 83.4 cm³/mol. The summed E-state index contributed by atoms with van der Waals surface area (Å²) in [4.78, 5) is 23.3. The maximum Gasteiger partial charge on any atom is 0.416 e.